The first-order valence-corrected chi connectivity index (χ1v) is 13.4. The van der Waals surface area contributed by atoms with Gasteiger partial charge in [-0.05, 0) is 98.9 Å². The highest BCUT2D eigenvalue weighted by Crippen LogP contribution is 2.66. The van der Waals surface area contributed by atoms with Crippen LogP contribution >= 0.6 is 11.8 Å². The normalized spacial score (nSPS) is 53.9. The van der Waals surface area contributed by atoms with Crippen LogP contribution in [0.5, 0.6) is 0 Å². The molecule has 10 atom stereocenters. The van der Waals surface area contributed by atoms with Crippen LogP contribution in [-0.2, 0) is 9.59 Å². The van der Waals surface area contributed by atoms with Crippen molar-refractivity contribution in [3.63, 3.8) is 0 Å². The van der Waals surface area contributed by atoms with Crippen molar-refractivity contribution in [3.8, 4) is 0 Å². The molecule has 3 unspecified atom stereocenters. The zero-order valence-corrected chi connectivity index (χ0v) is 19.4. The minimum atomic E-state index is 0.159. The summed E-state index contributed by atoms with van der Waals surface area (Å²) in [5.41, 5.74) is 0.495. The molecule has 3 nitrogen and oxygen atoms in total. The lowest BCUT2D eigenvalue weighted by Gasteiger charge is -2.57. The average molecular weight is 428 g/mol. The van der Waals surface area contributed by atoms with Gasteiger partial charge in [-0.1, -0.05) is 38.1 Å². The average Bonchev–Trinajstić information content (AvgIpc) is 3.42. The third-order valence-corrected chi connectivity index (χ3v) is 12.1. The molecule has 1 amide bonds. The summed E-state index contributed by atoms with van der Waals surface area (Å²) >= 11 is 1.59. The number of rotatable bonds is 2. The Bertz CT molecular complexity index is 794. The predicted molar refractivity (Wildman–Crippen MR) is 121 cm³/mol. The van der Waals surface area contributed by atoms with E-state index >= 15 is 0 Å². The number of amides is 1. The van der Waals surface area contributed by atoms with Crippen LogP contribution in [0.25, 0.3) is 0 Å². The highest BCUT2D eigenvalue weighted by molar-refractivity contribution is 8.14. The lowest BCUT2D eigenvalue weighted by Crippen LogP contribution is -2.52. The smallest absolute Gasteiger partial charge is 0.223 e. The fourth-order valence-corrected chi connectivity index (χ4v) is 10.4. The number of hydrogen-bond acceptors (Lipinski definition) is 3. The van der Waals surface area contributed by atoms with Crippen molar-refractivity contribution in [1.82, 2.24) is 5.32 Å². The molecule has 0 saturated heterocycles. The monoisotopic (exact) mass is 427 g/mol. The zero-order chi connectivity index (χ0) is 20.7. The first-order chi connectivity index (χ1) is 14.4. The van der Waals surface area contributed by atoms with Crippen molar-refractivity contribution in [2.24, 2.45) is 46.3 Å². The highest BCUT2D eigenvalue weighted by Gasteiger charge is 2.59. The van der Waals surface area contributed by atoms with Crippen molar-refractivity contribution in [3.05, 3.63) is 12.2 Å². The Morgan fingerprint density at radius 3 is 2.70 bits per heavy atom. The van der Waals surface area contributed by atoms with Crippen LogP contribution in [0.1, 0.15) is 78.1 Å². The molecule has 6 aliphatic rings. The fraction of sp³-hybridized carbons (Fsp3) is 0.846. The number of carbonyl (C=O) groups excluding carboxylic acids is 2. The van der Waals surface area contributed by atoms with E-state index in [0.29, 0.717) is 34.4 Å². The minimum absolute atomic E-state index is 0.159. The summed E-state index contributed by atoms with van der Waals surface area (Å²) < 4.78 is 0. The highest BCUT2D eigenvalue weighted by atomic mass is 32.2. The van der Waals surface area contributed by atoms with Crippen LogP contribution in [-0.4, -0.2) is 22.3 Å². The van der Waals surface area contributed by atoms with E-state index in [2.05, 4.69) is 25.2 Å². The minimum Gasteiger partial charge on any atom is -0.353 e. The first kappa shape index (κ1) is 19.9. The summed E-state index contributed by atoms with van der Waals surface area (Å²) in [5.74, 6) is 4.33. The molecule has 0 aromatic rings. The van der Waals surface area contributed by atoms with Crippen LogP contribution < -0.4 is 5.32 Å². The second-order valence-corrected chi connectivity index (χ2v) is 13.4. The fourth-order valence-electron chi connectivity index (χ4n) is 9.18. The maximum absolute atomic E-state index is 13.3. The van der Waals surface area contributed by atoms with E-state index in [9.17, 15) is 9.59 Å². The van der Waals surface area contributed by atoms with E-state index in [-0.39, 0.29) is 16.4 Å². The van der Waals surface area contributed by atoms with E-state index in [1.54, 1.807) is 11.8 Å². The maximum atomic E-state index is 13.3. The Kier molecular flexibility index (Phi) is 4.55. The molecule has 4 heteroatoms. The Labute approximate surface area is 185 Å². The molecule has 0 spiro atoms. The van der Waals surface area contributed by atoms with Gasteiger partial charge in [0, 0.05) is 22.6 Å². The second kappa shape index (κ2) is 6.86. The van der Waals surface area contributed by atoms with E-state index in [1.165, 1.54) is 44.9 Å². The second-order valence-electron chi connectivity index (χ2n) is 12.2. The molecule has 0 radical (unpaired) electrons. The van der Waals surface area contributed by atoms with Crippen molar-refractivity contribution >= 4 is 22.8 Å². The van der Waals surface area contributed by atoms with Crippen LogP contribution in [0.2, 0.25) is 0 Å². The van der Waals surface area contributed by atoms with Crippen molar-refractivity contribution in [2.75, 3.05) is 0 Å². The molecule has 0 aromatic carbocycles. The van der Waals surface area contributed by atoms with Crippen molar-refractivity contribution < 1.29 is 9.59 Å². The predicted octanol–water partition coefficient (Wildman–Crippen LogP) is 5.35. The molecule has 1 N–H and O–H groups in total. The topological polar surface area (TPSA) is 46.2 Å². The van der Waals surface area contributed by atoms with Gasteiger partial charge in [0.2, 0.25) is 11.0 Å². The quantitative estimate of drug-likeness (QED) is 0.646. The number of carbonyl (C=O) groups is 2. The van der Waals surface area contributed by atoms with Crippen LogP contribution in [0.4, 0.5) is 0 Å². The summed E-state index contributed by atoms with van der Waals surface area (Å²) in [7, 11) is 0. The molecule has 0 aromatic heterocycles. The molecule has 2 bridgehead atoms. The van der Waals surface area contributed by atoms with Crippen LogP contribution in [0.3, 0.4) is 0 Å². The molecule has 30 heavy (non-hydrogen) atoms. The number of hydrogen-bond donors (Lipinski definition) is 1. The van der Waals surface area contributed by atoms with Gasteiger partial charge in [-0.25, -0.2) is 0 Å². The standard InChI is InChI=1S/C26H37NO2S/c1-25-9-7-19-18(5-6-22-26(19,2)10-8-23(28)30-22)20(25)13-17(14-25)24(29)27-21-12-15-3-4-16(21)11-15/h8,10,15-22H,3-7,9,11-14H2,1-2H3,(H,27,29)/t15?,16?,17-,18+,19-,20-,21?,22+,25+,26+/m0/s1. The molecule has 164 valence electrons. The van der Waals surface area contributed by atoms with E-state index in [0.717, 1.165) is 37.0 Å². The largest absolute Gasteiger partial charge is 0.353 e. The molecule has 1 aliphatic heterocycles. The third-order valence-electron chi connectivity index (χ3n) is 10.7. The number of allylic oxidation sites excluding steroid dienone is 1. The molecule has 1 heterocycles. The van der Waals surface area contributed by atoms with Gasteiger partial charge in [-0.15, -0.1) is 0 Å². The Morgan fingerprint density at radius 1 is 1.07 bits per heavy atom. The molecular weight excluding hydrogens is 390 g/mol. The molecule has 5 saturated carbocycles. The Balaban J connectivity index is 1.18. The van der Waals surface area contributed by atoms with Gasteiger partial charge in [0.15, 0.2) is 0 Å². The lowest BCUT2D eigenvalue weighted by atomic mass is 9.50. The lowest BCUT2D eigenvalue weighted by molar-refractivity contribution is -0.126. The van der Waals surface area contributed by atoms with E-state index in [1.807, 2.05) is 6.08 Å². The molecule has 6 rings (SSSR count). The van der Waals surface area contributed by atoms with Gasteiger partial charge in [0.25, 0.3) is 0 Å². The van der Waals surface area contributed by atoms with Gasteiger partial charge in [-0.2, -0.15) is 0 Å². The van der Waals surface area contributed by atoms with E-state index < -0.39 is 0 Å². The van der Waals surface area contributed by atoms with Gasteiger partial charge >= 0.3 is 0 Å². The summed E-state index contributed by atoms with van der Waals surface area (Å²) in [5, 5.41) is 4.22. The summed E-state index contributed by atoms with van der Waals surface area (Å²) in [6.07, 6.45) is 16.5. The van der Waals surface area contributed by atoms with Gasteiger partial charge in [0.1, 0.15) is 0 Å². The first-order valence-electron chi connectivity index (χ1n) is 12.6. The molecule has 5 aliphatic carbocycles. The molecular formula is C26H37NO2S. The summed E-state index contributed by atoms with van der Waals surface area (Å²) in [4.78, 5) is 25.3. The summed E-state index contributed by atoms with van der Waals surface area (Å²) in [6, 6.07) is 0.468. The number of fused-ring (bicyclic) bond motifs is 7. The van der Waals surface area contributed by atoms with Crippen molar-refractivity contribution in [2.45, 2.75) is 89.3 Å². The van der Waals surface area contributed by atoms with Crippen LogP contribution in [0, 0.1) is 46.3 Å². The Morgan fingerprint density at radius 2 is 1.93 bits per heavy atom. The van der Waals surface area contributed by atoms with Gasteiger partial charge in [-0.3, -0.25) is 9.59 Å². The summed E-state index contributed by atoms with van der Waals surface area (Å²) in [6.45, 7) is 4.91. The van der Waals surface area contributed by atoms with Crippen LogP contribution in [0.15, 0.2) is 12.2 Å². The third kappa shape index (κ3) is 2.91. The number of nitrogens with one attached hydrogen (secondary N) is 1. The van der Waals surface area contributed by atoms with Gasteiger partial charge in [0.05, 0.1) is 0 Å². The Hall–Kier alpha value is -0.770. The molecule has 5 fully saturated rings. The SMILES string of the molecule is C[C@]12CC[C@H]3[C@@H](CC[C@H]4SC(=O)C=C[C@@]43C)[C@@H]1C[C@H](C(=O)NC1CC3CCC1C3)C2. The zero-order valence-electron chi connectivity index (χ0n) is 18.6. The van der Waals surface area contributed by atoms with E-state index in [4.69, 9.17) is 0 Å². The maximum Gasteiger partial charge on any atom is 0.223 e. The van der Waals surface area contributed by atoms with Gasteiger partial charge < -0.3 is 5.32 Å². The van der Waals surface area contributed by atoms with Crippen molar-refractivity contribution in [1.29, 1.82) is 0 Å². The number of thioether (sulfide) groups is 1.